The second-order valence-corrected chi connectivity index (χ2v) is 8.40. The van der Waals surface area contributed by atoms with Crippen molar-refractivity contribution in [3.05, 3.63) is 75.3 Å². The molecular weight excluding hydrogens is 442 g/mol. The number of nitro benzene ring substituents is 1. The van der Waals surface area contributed by atoms with E-state index in [0.717, 1.165) is 24.3 Å². The second kappa shape index (κ2) is 9.78. The zero-order valence-corrected chi connectivity index (χ0v) is 18.7. The van der Waals surface area contributed by atoms with E-state index in [9.17, 15) is 14.9 Å². The Kier molecular flexibility index (Phi) is 6.64. The molecule has 0 bridgehead atoms. The number of hydrazone groups is 1. The summed E-state index contributed by atoms with van der Waals surface area (Å²) < 4.78 is 5.69. The first-order chi connectivity index (χ1) is 16.0. The number of unbranched alkanes of at least 4 members (excludes halogenated alkanes) is 1. The quantitative estimate of drug-likeness (QED) is 0.335. The molecule has 0 saturated carbocycles. The molecule has 0 aliphatic carbocycles. The van der Waals surface area contributed by atoms with Crippen LogP contribution in [0.1, 0.15) is 37.3 Å². The summed E-state index contributed by atoms with van der Waals surface area (Å²) in [7, 11) is 0. The van der Waals surface area contributed by atoms with Gasteiger partial charge < -0.3 is 4.74 Å². The number of para-hydroxylation sites is 1. The van der Waals surface area contributed by atoms with Gasteiger partial charge in [0.1, 0.15) is 17.4 Å². The predicted octanol–water partition coefficient (Wildman–Crippen LogP) is 4.98. The van der Waals surface area contributed by atoms with Gasteiger partial charge in [-0.2, -0.15) is 15.1 Å². The minimum atomic E-state index is -0.470. The summed E-state index contributed by atoms with van der Waals surface area (Å²) in [5, 5.41) is 26.7. The average molecular weight is 464 g/mol. The molecule has 2 aliphatic heterocycles. The topological polar surface area (TPSA) is 121 Å². The number of fused-ring (bicyclic) bond motifs is 1. The molecule has 9 nitrogen and oxygen atoms in total. The Bertz CT molecular complexity index is 1200. The molecular formula is C23H21N5O4S. The number of hydrogen-bond donors (Lipinski definition) is 1. The molecule has 33 heavy (non-hydrogen) atoms. The van der Waals surface area contributed by atoms with Crippen molar-refractivity contribution < 1.29 is 14.5 Å². The number of amidine groups is 2. The van der Waals surface area contributed by atoms with Crippen molar-refractivity contribution in [2.45, 2.75) is 32.8 Å². The summed E-state index contributed by atoms with van der Waals surface area (Å²) >= 11 is 1.34. The van der Waals surface area contributed by atoms with Crippen LogP contribution in [0.15, 0.2) is 64.2 Å². The number of amides is 1. The number of benzene rings is 2. The highest BCUT2D eigenvalue weighted by Crippen LogP contribution is 2.30. The van der Waals surface area contributed by atoms with Gasteiger partial charge in [0.15, 0.2) is 5.84 Å². The van der Waals surface area contributed by atoms with E-state index < -0.39 is 10.8 Å². The first-order valence-corrected chi connectivity index (χ1v) is 11.2. The molecule has 1 N–H and O–H groups in total. The van der Waals surface area contributed by atoms with E-state index in [1.807, 2.05) is 0 Å². The molecule has 2 aromatic rings. The van der Waals surface area contributed by atoms with E-state index in [0.29, 0.717) is 22.0 Å². The molecule has 2 aliphatic rings. The van der Waals surface area contributed by atoms with Crippen molar-refractivity contribution in [3.63, 3.8) is 0 Å². The van der Waals surface area contributed by atoms with Crippen molar-refractivity contribution in [1.82, 2.24) is 5.01 Å². The summed E-state index contributed by atoms with van der Waals surface area (Å²) in [6.45, 7) is 2.16. The average Bonchev–Trinajstić information content (AvgIpc) is 3.23. The van der Waals surface area contributed by atoms with Gasteiger partial charge in [-0.15, -0.1) is 0 Å². The van der Waals surface area contributed by atoms with Crippen molar-refractivity contribution in [2.75, 3.05) is 0 Å². The molecule has 0 aromatic heterocycles. The van der Waals surface area contributed by atoms with Crippen molar-refractivity contribution in [1.29, 1.82) is 5.41 Å². The number of carbonyl (C=O) groups excluding carboxylic acids is 1. The summed E-state index contributed by atoms with van der Waals surface area (Å²) in [4.78, 5) is 27.3. The molecule has 0 unspecified atom stereocenters. The highest BCUT2D eigenvalue weighted by atomic mass is 32.2. The fourth-order valence-corrected chi connectivity index (χ4v) is 4.19. The number of hydrogen-bond acceptors (Lipinski definition) is 7. The zero-order chi connectivity index (χ0) is 23.4. The molecule has 2 aromatic carbocycles. The monoisotopic (exact) mass is 463 g/mol. The maximum absolute atomic E-state index is 12.5. The van der Waals surface area contributed by atoms with E-state index in [-0.39, 0.29) is 23.7 Å². The van der Waals surface area contributed by atoms with Crippen LogP contribution in [0, 0.1) is 15.5 Å². The largest absolute Gasteiger partial charge is 0.489 e. The van der Waals surface area contributed by atoms with Gasteiger partial charge in [0.2, 0.25) is 5.17 Å². The number of nitrogens with one attached hydrogen (secondary N) is 1. The first-order valence-electron chi connectivity index (χ1n) is 10.4. The lowest BCUT2D eigenvalue weighted by Crippen LogP contribution is -2.35. The molecule has 0 spiro atoms. The van der Waals surface area contributed by atoms with E-state index in [1.165, 1.54) is 22.8 Å². The van der Waals surface area contributed by atoms with Gasteiger partial charge in [0.25, 0.3) is 11.6 Å². The Labute approximate surface area is 194 Å². The Morgan fingerprint density at radius 3 is 2.70 bits per heavy atom. The van der Waals surface area contributed by atoms with E-state index in [1.54, 1.807) is 48.5 Å². The smallest absolute Gasteiger partial charge is 0.283 e. The molecule has 1 amide bonds. The molecule has 10 heteroatoms. The molecule has 0 radical (unpaired) electrons. The van der Waals surface area contributed by atoms with Crippen LogP contribution in [0.2, 0.25) is 0 Å². The third-order valence-electron chi connectivity index (χ3n) is 5.01. The van der Waals surface area contributed by atoms with E-state index >= 15 is 0 Å². The van der Waals surface area contributed by atoms with Crippen LogP contribution in [-0.4, -0.2) is 31.9 Å². The predicted molar refractivity (Wildman–Crippen MR) is 128 cm³/mol. The van der Waals surface area contributed by atoms with Crippen LogP contribution >= 0.6 is 11.8 Å². The molecule has 0 atom stereocenters. The van der Waals surface area contributed by atoms with Crippen molar-refractivity contribution >= 4 is 45.5 Å². The standard InChI is InChI=1S/C23H21N5O4S/c1-2-3-8-20-26-27-21(24)18(22(29)25-23(27)33-20)13-15-9-11-17(12-10-15)32-14-16-6-4-5-7-19(16)28(30)31/h4-7,9-13,24H,2-3,8,14H2,1H3/b18-13-,24-21?. The third kappa shape index (κ3) is 5.01. The lowest BCUT2D eigenvalue weighted by molar-refractivity contribution is -0.385. The maximum atomic E-state index is 12.5. The summed E-state index contributed by atoms with van der Waals surface area (Å²) in [6, 6.07) is 13.3. The zero-order valence-electron chi connectivity index (χ0n) is 17.9. The van der Waals surface area contributed by atoms with Gasteiger partial charge in [0, 0.05) is 6.07 Å². The van der Waals surface area contributed by atoms with Gasteiger partial charge in [-0.25, -0.2) is 0 Å². The number of aliphatic imine (C=N–C) groups is 1. The number of nitro groups is 1. The van der Waals surface area contributed by atoms with Gasteiger partial charge in [-0.05, 0) is 54.4 Å². The van der Waals surface area contributed by atoms with Crippen LogP contribution in [0.3, 0.4) is 0 Å². The second-order valence-electron chi connectivity index (χ2n) is 7.36. The molecule has 2 heterocycles. The number of ether oxygens (including phenoxy) is 1. The van der Waals surface area contributed by atoms with Gasteiger partial charge in [-0.3, -0.25) is 20.3 Å². The first kappa shape index (κ1) is 22.4. The normalized spacial score (nSPS) is 16.5. The molecule has 168 valence electrons. The Hall–Kier alpha value is -3.79. The number of carbonyl (C=O) groups is 1. The van der Waals surface area contributed by atoms with Crippen molar-refractivity contribution in [3.8, 4) is 5.75 Å². The number of thioether (sulfide) groups is 1. The fraction of sp³-hybridized carbons (Fsp3) is 0.217. The van der Waals surface area contributed by atoms with Crippen LogP contribution in [-0.2, 0) is 11.4 Å². The van der Waals surface area contributed by atoms with Crippen LogP contribution in [0.5, 0.6) is 5.75 Å². The van der Waals surface area contributed by atoms with E-state index in [2.05, 4.69) is 17.0 Å². The minimum absolute atomic E-state index is 0.000659. The summed E-state index contributed by atoms with van der Waals surface area (Å²) in [6.07, 6.45) is 4.42. The highest BCUT2D eigenvalue weighted by Gasteiger charge is 2.35. The minimum Gasteiger partial charge on any atom is -0.489 e. The van der Waals surface area contributed by atoms with Crippen LogP contribution in [0.4, 0.5) is 5.69 Å². The SMILES string of the molecule is CCCCC1=NN2C(=N)/C(=C/c3ccc(OCc4ccccc4[N+](=O)[O-])cc3)C(=O)N=C2S1. The lowest BCUT2D eigenvalue weighted by Gasteiger charge is -2.20. The number of nitrogens with zero attached hydrogens (tertiary/aromatic N) is 4. The van der Waals surface area contributed by atoms with Crippen LogP contribution < -0.4 is 4.74 Å². The summed E-state index contributed by atoms with van der Waals surface area (Å²) in [5.41, 5.74) is 1.34. The molecule has 0 saturated heterocycles. The highest BCUT2D eigenvalue weighted by molar-refractivity contribution is 8.26. The third-order valence-corrected chi connectivity index (χ3v) is 5.98. The lowest BCUT2D eigenvalue weighted by atomic mass is 10.1. The number of rotatable bonds is 8. The van der Waals surface area contributed by atoms with Crippen LogP contribution in [0.25, 0.3) is 6.08 Å². The van der Waals surface area contributed by atoms with Crippen molar-refractivity contribution in [2.24, 2.45) is 10.1 Å². The Morgan fingerprint density at radius 2 is 1.97 bits per heavy atom. The maximum Gasteiger partial charge on any atom is 0.283 e. The Morgan fingerprint density at radius 1 is 1.21 bits per heavy atom. The van der Waals surface area contributed by atoms with Gasteiger partial charge in [-0.1, -0.05) is 37.6 Å². The Balaban J connectivity index is 1.46. The fourth-order valence-electron chi connectivity index (χ4n) is 3.26. The van der Waals surface area contributed by atoms with Gasteiger partial charge in [0.05, 0.1) is 16.1 Å². The van der Waals surface area contributed by atoms with E-state index in [4.69, 9.17) is 10.1 Å². The molecule has 4 rings (SSSR count). The summed E-state index contributed by atoms with van der Waals surface area (Å²) in [5.74, 6) is 0.0601. The van der Waals surface area contributed by atoms with Gasteiger partial charge >= 0.3 is 0 Å². The molecule has 0 fully saturated rings.